The fourth-order valence-electron chi connectivity index (χ4n) is 2.53. The van der Waals surface area contributed by atoms with Gasteiger partial charge in [0.1, 0.15) is 5.82 Å². The highest BCUT2D eigenvalue weighted by Gasteiger charge is 2.24. The van der Waals surface area contributed by atoms with Gasteiger partial charge in [0.15, 0.2) is 0 Å². The standard InChI is InChI=1S/C15H20ClFN2/c1-11(2)9-15(19-7-5-18-6-8-19)13-10-12(16)3-4-14(13)17/h3-4,10,15,18H,1,5-9H2,2H3/t15-/m0/s1. The van der Waals surface area contributed by atoms with E-state index in [-0.39, 0.29) is 11.9 Å². The van der Waals surface area contributed by atoms with Gasteiger partial charge < -0.3 is 5.32 Å². The first-order chi connectivity index (χ1) is 9.08. The van der Waals surface area contributed by atoms with Crippen LogP contribution in [0.3, 0.4) is 0 Å². The lowest BCUT2D eigenvalue weighted by Gasteiger charge is -2.35. The summed E-state index contributed by atoms with van der Waals surface area (Å²) in [7, 11) is 0. The van der Waals surface area contributed by atoms with Crippen LogP contribution in [0.2, 0.25) is 5.02 Å². The van der Waals surface area contributed by atoms with E-state index < -0.39 is 0 Å². The molecule has 1 aliphatic heterocycles. The molecule has 1 N–H and O–H groups in total. The van der Waals surface area contributed by atoms with Gasteiger partial charge in [-0.05, 0) is 31.5 Å². The van der Waals surface area contributed by atoms with Gasteiger partial charge in [0.2, 0.25) is 0 Å². The third kappa shape index (κ3) is 3.78. The van der Waals surface area contributed by atoms with E-state index in [2.05, 4.69) is 16.8 Å². The summed E-state index contributed by atoms with van der Waals surface area (Å²) in [6, 6.07) is 4.81. The molecule has 104 valence electrons. The Bertz CT molecular complexity index is 455. The first kappa shape index (κ1) is 14.5. The minimum Gasteiger partial charge on any atom is -0.314 e. The molecule has 0 aromatic heterocycles. The van der Waals surface area contributed by atoms with E-state index in [1.807, 2.05) is 6.92 Å². The third-order valence-corrected chi connectivity index (χ3v) is 3.69. The molecule has 0 radical (unpaired) electrons. The van der Waals surface area contributed by atoms with Crippen molar-refractivity contribution in [3.05, 3.63) is 46.8 Å². The molecule has 1 fully saturated rings. The Kier molecular flexibility index (Phi) is 4.97. The molecule has 2 nitrogen and oxygen atoms in total. The number of hydrogen-bond acceptors (Lipinski definition) is 2. The summed E-state index contributed by atoms with van der Waals surface area (Å²) in [5.41, 5.74) is 1.74. The number of nitrogens with zero attached hydrogens (tertiary/aromatic N) is 1. The van der Waals surface area contributed by atoms with Crippen molar-refractivity contribution < 1.29 is 4.39 Å². The molecule has 0 unspecified atom stereocenters. The molecular weight excluding hydrogens is 263 g/mol. The fraction of sp³-hybridized carbons (Fsp3) is 0.467. The van der Waals surface area contributed by atoms with Gasteiger partial charge in [0.25, 0.3) is 0 Å². The van der Waals surface area contributed by atoms with Gasteiger partial charge >= 0.3 is 0 Å². The zero-order valence-electron chi connectivity index (χ0n) is 11.3. The van der Waals surface area contributed by atoms with E-state index in [1.54, 1.807) is 12.1 Å². The maximum absolute atomic E-state index is 14.1. The number of halogens is 2. The summed E-state index contributed by atoms with van der Waals surface area (Å²) in [4.78, 5) is 2.31. The summed E-state index contributed by atoms with van der Waals surface area (Å²) >= 11 is 6.02. The Morgan fingerprint density at radius 3 is 2.79 bits per heavy atom. The third-order valence-electron chi connectivity index (χ3n) is 3.45. The summed E-state index contributed by atoms with van der Waals surface area (Å²) in [6.45, 7) is 9.67. The maximum atomic E-state index is 14.1. The van der Waals surface area contributed by atoms with Crippen LogP contribution in [0.1, 0.15) is 24.9 Å². The lowest BCUT2D eigenvalue weighted by Crippen LogP contribution is -2.45. The molecule has 4 heteroatoms. The molecule has 1 heterocycles. The largest absolute Gasteiger partial charge is 0.314 e. The average molecular weight is 283 g/mol. The minimum atomic E-state index is -0.186. The van der Waals surface area contributed by atoms with Crippen LogP contribution in [-0.4, -0.2) is 31.1 Å². The van der Waals surface area contributed by atoms with Gasteiger partial charge in [-0.1, -0.05) is 17.2 Å². The highest BCUT2D eigenvalue weighted by atomic mass is 35.5. The zero-order valence-corrected chi connectivity index (χ0v) is 12.0. The van der Waals surface area contributed by atoms with E-state index >= 15 is 0 Å². The van der Waals surface area contributed by atoms with Crippen molar-refractivity contribution in [3.8, 4) is 0 Å². The van der Waals surface area contributed by atoms with Crippen molar-refractivity contribution in [1.29, 1.82) is 0 Å². The van der Waals surface area contributed by atoms with Crippen LogP contribution in [0.15, 0.2) is 30.4 Å². The van der Waals surface area contributed by atoms with Crippen molar-refractivity contribution >= 4 is 11.6 Å². The molecule has 0 bridgehead atoms. The predicted octanol–water partition coefficient (Wildman–Crippen LogP) is 3.39. The molecule has 1 aliphatic rings. The minimum absolute atomic E-state index is 0.0262. The lowest BCUT2D eigenvalue weighted by atomic mass is 9.97. The predicted molar refractivity (Wildman–Crippen MR) is 78.0 cm³/mol. The quantitative estimate of drug-likeness (QED) is 0.852. The number of nitrogens with one attached hydrogen (secondary N) is 1. The molecular formula is C15H20ClFN2. The molecule has 0 amide bonds. The maximum Gasteiger partial charge on any atom is 0.128 e. The Morgan fingerprint density at radius 1 is 1.47 bits per heavy atom. The van der Waals surface area contributed by atoms with Crippen molar-refractivity contribution in [2.45, 2.75) is 19.4 Å². The molecule has 2 rings (SSSR count). The lowest BCUT2D eigenvalue weighted by molar-refractivity contribution is 0.169. The van der Waals surface area contributed by atoms with Crippen molar-refractivity contribution in [1.82, 2.24) is 10.2 Å². The molecule has 0 spiro atoms. The SMILES string of the molecule is C=C(C)C[C@@H](c1cc(Cl)ccc1F)N1CCNCC1. The Balaban J connectivity index is 2.29. The van der Waals surface area contributed by atoms with Gasteiger partial charge in [-0.15, -0.1) is 6.58 Å². The Hall–Kier alpha value is -0.900. The van der Waals surface area contributed by atoms with Crippen LogP contribution in [0.25, 0.3) is 0 Å². The Morgan fingerprint density at radius 2 is 2.16 bits per heavy atom. The first-order valence-corrected chi connectivity index (χ1v) is 7.00. The van der Waals surface area contributed by atoms with E-state index in [0.29, 0.717) is 10.6 Å². The number of hydrogen-bond donors (Lipinski definition) is 1. The van der Waals surface area contributed by atoms with Gasteiger partial charge in [-0.25, -0.2) is 4.39 Å². The molecule has 0 saturated carbocycles. The van der Waals surface area contributed by atoms with Crippen molar-refractivity contribution in [2.75, 3.05) is 26.2 Å². The van der Waals surface area contributed by atoms with E-state index in [9.17, 15) is 4.39 Å². The molecule has 1 atom stereocenters. The average Bonchev–Trinajstić information content (AvgIpc) is 2.40. The second-order valence-corrected chi connectivity index (χ2v) is 5.57. The summed E-state index contributed by atoms with van der Waals surface area (Å²) in [5, 5.41) is 3.90. The highest BCUT2D eigenvalue weighted by molar-refractivity contribution is 6.30. The Labute approximate surface area is 119 Å². The van der Waals surface area contributed by atoms with Crippen LogP contribution < -0.4 is 5.32 Å². The van der Waals surface area contributed by atoms with Crippen LogP contribution in [0.5, 0.6) is 0 Å². The smallest absolute Gasteiger partial charge is 0.128 e. The second kappa shape index (κ2) is 6.51. The van der Waals surface area contributed by atoms with Gasteiger partial charge in [-0.3, -0.25) is 4.90 Å². The summed E-state index contributed by atoms with van der Waals surface area (Å²) in [6.07, 6.45) is 0.761. The van der Waals surface area contributed by atoms with E-state index in [1.165, 1.54) is 6.07 Å². The van der Waals surface area contributed by atoms with Crippen LogP contribution in [-0.2, 0) is 0 Å². The molecule has 1 aromatic carbocycles. The molecule has 1 saturated heterocycles. The normalized spacial score (nSPS) is 18.3. The van der Waals surface area contributed by atoms with Crippen LogP contribution in [0.4, 0.5) is 4.39 Å². The number of benzene rings is 1. The van der Waals surface area contributed by atoms with E-state index in [0.717, 1.165) is 38.2 Å². The van der Waals surface area contributed by atoms with Crippen LogP contribution in [0, 0.1) is 5.82 Å². The van der Waals surface area contributed by atoms with Crippen molar-refractivity contribution in [3.63, 3.8) is 0 Å². The topological polar surface area (TPSA) is 15.3 Å². The zero-order chi connectivity index (χ0) is 13.8. The first-order valence-electron chi connectivity index (χ1n) is 6.62. The monoisotopic (exact) mass is 282 g/mol. The fourth-order valence-corrected chi connectivity index (χ4v) is 2.71. The number of piperazine rings is 1. The van der Waals surface area contributed by atoms with Gasteiger partial charge in [0.05, 0.1) is 0 Å². The summed E-state index contributed by atoms with van der Waals surface area (Å²) in [5.74, 6) is -0.186. The van der Waals surface area contributed by atoms with Crippen molar-refractivity contribution in [2.24, 2.45) is 0 Å². The van der Waals surface area contributed by atoms with Gasteiger partial charge in [0, 0.05) is 42.8 Å². The second-order valence-electron chi connectivity index (χ2n) is 5.13. The summed E-state index contributed by atoms with van der Waals surface area (Å²) < 4.78 is 14.1. The number of rotatable bonds is 4. The molecule has 1 aromatic rings. The van der Waals surface area contributed by atoms with Crippen LogP contribution >= 0.6 is 11.6 Å². The van der Waals surface area contributed by atoms with Gasteiger partial charge in [-0.2, -0.15) is 0 Å². The van der Waals surface area contributed by atoms with E-state index in [4.69, 9.17) is 11.6 Å². The molecule has 19 heavy (non-hydrogen) atoms. The highest BCUT2D eigenvalue weighted by Crippen LogP contribution is 2.31. The molecule has 0 aliphatic carbocycles.